The second-order valence-electron chi connectivity index (χ2n) is 14.8. The van der Waals surface area contributed by atoms with Crippen molar-refractivity contribution in [3.05, 3.63) is 130 Å². The van der Waals surface area contributed by atoms with E-state index < -0.39 is 31.5 Å². The van der Waals surface area contributed by atoms with Crippen LogP contribution in [-0.2, 0) is 39.4 Å². The van der Waals surface area contributed by atoms with Crippen molar-refractivity contribution in [3.8, 4) is 5.69 Å². The highest BCUT2D eigenvalue weighted by Gasteiger charge is 2.66. The highest BCUT2D eigenvalue weighted by molar-refractivity contribution is 6.71. The number of anilines is 1. The number of carbonyl (C=O) groups excluding carboxylic acids is 2. The number of fused-ring (bicyclic) bond motifs is 4. The van der Waals surface area contributed by atoms with Gasteiger partial charge in [-0.25, -0.2) is 4.68 Å². The smallest absolute Gasteiger partial charge is 0.279 e. The van der Waals surface area contributed by atoms with Crippen molar-refractivity contribution < 1.29 is 24.2 Å². The van der Waals surface area contributed by atoms with Gasteiger partial charge in [-0.15, -0.1) is 0 Å². The summed E-state index contributed by atoms with van der Waals surface area (Å²) < 4.78 is 8.51. The minimum absolute atomic E-state index is 0.0467. The number of hydrogen-bond donors (Lipinski definition) is 3. The topological polar surface area (TPSA) is 128 Å². The Morgan fingerprint density at radius 2 is 1.67 bits per heavy atom. The van der Waals surface area contributed by atoms with E-state index in [0.29, 0.717) is 47.4 Å². The number of aliphatic hydroxyl groups excluding tert-OH is 1. The fourth-order valence-corrected chi connectivity index (χ4v) is 11.5. The van der Waals surface area contributed by atoms with E-state index in [1.54, 1.807) is 15.9 Å². The lowest BCUT2D eigenvalue weighted by molar-refractivity contribution is -0.151. The Balaban J connectivity index is 1.22. The molecule has 0 bridgehead atoms. The molecule has 0 aliphatic carbocycles. The lowest BCUT2D eigenvalue weighted by Crippen LogP contribution is -2.48. The number of benzene rings is 4. The molecule has 1 spiro atoms. The quantitative estimate of drug-likeness (QED) is 0.205. The van der Waals surface area contributed by atoms with E-state index >= 15 is 4.79 Å². The lowest BCUT2D eigenvalue weighted by Gasteiger charge is -2.37. The number of aromatic amines is 1. The molecule has 5 atom stereocenters. The average molecular weight is 703 g/mol. The van der Waals surface area contributed by atoms with Gasteiger partial charge in [0.1, 0.15) is 0 Å². The summed E-state index contributed by atoms with van der Waals surface area (Å²) in [4.78, 5) is 58.1. The molecule has 0 saturated carbocycles. The first-order valence-electron chi connectivity index (χ1n) is 17.6. The van der Waals surface area contributed by atoms with E-state index in [-0.39, 0.29) is 36.4 Å². The van der Waals surface area contributed by atoms with E-state index in [2.05, 4.69) is 5.10 Å². The minimum Gasteiger partial charge on any atom is -0.432 e. The molecule has 3 aliphatic heterocycles. The molecule has 4 aromatic carbocycles. The third-order valence-electron chi connectivity index (χ3n) is 11.3. The van der Waals surface area contributed by atoms with Gasteiger partial charge in [0, 0.05) is 23.6 Å². The summed E-state index contributed by atoms with van der Waals surface area (Å²) in [5, 5.41) is 14.1. The zero-order valence-corrected chi connectivity index (χ0v) is 30.0. The number of hydrogen-bond acceptors (Lipinski definition) is 6. The van der Waals surface area contributed by atoms with Crippen molar-refractivity contribution in [2.24, 2.45) is 5.92 Å². The number of nitrogens with zero attached hydrogens (tertiary/aromatic N) is 3. The highest BCUT2D eigenvalue weighted by atomic mass is 28.4. The normalized spacial score (nSPS) is 24.4. The summed E-state index contributed by atoms with van der Waals surface area (Å²) in [5.41, 5.74) is 3.42. The number of aliphatic hydroxyl groups is 1. The first kappa shape index (κ1) is 33.3. The highest BCUT2D eigenvalue weighted by Crippen LogP contribution is 2.60. The SMILES string of the molecule is C[C@H]1[C@H]([Si](C)(C)O)[C@@H](CC(=O)N2Cc3ccccc3C[C@H]2CO)O[C@]12C(=O)N(Cc1ccccc1)c1ccc(-n3[nH]c4ccccc4c3=O)cc12. The van der Waals surface area contributed by atoms with Crippen molar-refractivity contribution in [3.63, 3.8) is 0 Å². The van der Waals surface area contributed by atoms with Crippen LogP contribution in [0.15, 0.2) is 102 Å². The summed E-state index contributed by atoms with van der Waals surface area (Å²) in [7, 11) is -3.08. The molecule has 3 aliphatic rings. The van der Waals surface area contributed by atoms with Gasteiger partial charge >= 0.3 is 0 Å². The Hall–Kier alpha value is -4.81. The molecule has 0 unspecified atom stereocenters. The van der Waals surface area contributed by atoms with Gasteiger partial charge in [-0.05, 0) is 66.5 Å². The Morgan fingerprint density at radius 3 is 2.39 bits per heavy atom. The number of H-pyrrole nitrogens is 1. The van der Waals surface area contributed by atoms with Crippen molar-refractivity contribution in [1.82, 2.24) is 14.7 Å². The van der Waals surface area contributed by atoms with Gasteiger partial charge in [-0.2, -0.15) is 0 Å². The Labute approximate surface area is 297 Å². The summed E-state index contributed by atoms with van der Waals surface area (Å²) >= 11 is 0. The van der Waals surface area contributed by atoms with Crippen LogP contribution in [0.3, 0.4) is 0 Å². The summed E-state index contributed by atoms with van der Waals surface area (Å²) in [5.74, 6) is -0.945. The maximum absolute atomic E-state index is 15.0. The first-order valence-corrected chi connectivity index (χ1v) is 20.6. The summed E-state index contributed by atoms with van der Waals surface area (Å²) in [6, 6.07) is 30.1. The first-order chi connectivity index (χ1) is 24.5. The standard InChI is InChI=1S/C40H42N4O6Si/c1-25-37(51(2,3)49)35(21-36(46)42-23-28-14-8-7-13-27(28)19-30(42)24-45)50-40(25)32-20-29(44-38(47)31-15-9-10-16-33(31)41-44)17-18-34(32)43(39(40)48)22-26-11-5-4-6-12-26/h4-18,20,25,30,35,37,41,45,49H,19,21-24H2,1-3H3/t25-,30-,35+,37-,40+/m0/s1. The van der Waals surface area contributed by atoms with Crippen molar-refractivity contribution in [1.29, 1.82) is 0 Å². The molecule has 0 radical (unpaired) electrons. The van der Waals surface area contributed by atoms with Gasteiger partial charge < -0.3 is 24.4 Å². The summed E-state index contributed by atoms with van der Waals surface area (Å²) in [6.45, 7) is 6.12. The van der Waals surface area contributed by atoms with Crippen LogP contribution in [0.25, 0.3) is 16.6 Å². The van der Waals surface area contributed by atoms with Crippen LogP contribution in [0.2, 0.25) is 18.6 Å². The van der Waals surface area contributed by atoms with Gasteiger partial charge in [0.15, 0.2) is 13.9 Å². The van der Waals surface area contributed by atoms with Crippen LogP contribution in [0.5, 0.6) is 0 Å². The van der Waals surface area contributed by atoms with Crippen molar-refractivity contribution >= 4 is 36.7 Å². The molecule has 3 N–H and O–H groups in total. The van der Waals surface area contributed by atoms with E-state index in [1.165, 1.54) is 4.68 Å². The molecule has 5 aromatic rings. The largest absolute Gasteiger partial charge is 0.432 e. The molecule has 4 heterocycles. The Kier molecular flexibility index (Phi) is 8.14. The third kappa shape index (κ3) is 5.38. The van der Waals surface area contributed by atoms with Gasteiger partial charge in [0.05, 0.1) is 54.0 Å². The second kappa shape index (κ2) is 12.4. The van der Waals surface area contributed by atoms with Gasteiger partial charge in [-0.3, -0.25) is 19.5 Å². The fourth-order valence-electron chi connectivity index (χ4n) is 8.90. The molecule has 1 aromatic heterocycles. The maximum Gasteiger partial charge on any atom is 0.279 e. The van der Waals surface area contributed by atoms with Gasteiger partial charge in [0.25, 0.3) is 11.5 Å². The Morgan fingerprint density at radius 1 is 0.961 bits per heavy atom. The van der Waals surface area contributed by atoms with Crippen LogP contribution in [0, 0.1) is 5.92 Å². The maximum atomic E-state index is 15.0. The molecule has 262 valence electrons. The molecule has 10 nitrogen and oxygen atoms in total. The number of nitrogens with one attached hydrogen (secondary N) is 1. The average Bonchev–Trinajstić information content (AvgIpc) is 3.71. The minimum atomic E-state index is -3.08. The van der Waals surface area contributed by atoms with Crippen molar-refractivity contribution in [2.45, 2.75) is 69.2 Å². The van der Waals surface area contributed by atoms with Crippen molar-refractivity contribution in [2.75, 3.05) is 11.5 Å². The van der Waals surface area contributed by atoms with Crippen LogP contribution in [-0.4, -0.2) is 63.5 Å². The predicted octanol–water partition coefficient (Wildman–Crippen LogP) is 5.00. The molecule has 8 rings (SSSR count). The van der Waals surface area contributed by atoms with E-state index in [4.69, 9.17) is 4.74 Å². The number of aromatic nitrogens is 2. The molecule has 11 heteroatoms. The van der Waals surface area contributed by atoms with E-state index in [1.807, 2.05) is 111 Å². The zero-order chi connectivity index (χ0) is 35.7. The molecule has 2 amide bonds. The molecular formula is C40H42N4O6Si. The number of rotatable bonds is 7. The predicted molar refractivity (Wildman–Crippen MR) is 197 cm³/mol. The van der Waals surface area contributed by atoms with E-state index in [0.717, 1.165) is 16.7 Å². The van der Waals surface area contributed by atoms with Crippen LogP contribution in [0.1, 0.15) is 35.6 Å². The number of ether oxygens (including phenoxy) is 1. The van der Waals surface area contributed by atoms with E-state index in [9.17, 15) is 19.5 Å². The third-order valence-corrected chi connectivity index (χ3v) is 13.8. The molecule has 51 heavy (non-hydrogen) atoms. The second-order valence-corrected chi connectivity index (χ2v) is 18.7. The summed E-state index contributed by atoms with van der Waals surface area (Å²) in [6.07, 6.45) is -0.262. The van der Waals surface area contributed by atoms with Crippen LogP contribution < -0.4 is 10.5 Å². The van der Waals surface area contributed by atoms with Crippen LogP contribution >= 0.6 is 0 Å². The molecule has 1 saturated heterocycles. The molecular weight excluding hydrogens is 661 g/mol. The number of para-hydroxylation sites is 1. The monoisotopic (exact) mass is 702 g/mol. The number of amides is 2. The van der Waals surface area contributed by atoms with Gasteiger partial charge in [0.2, 0.25) is 5.91 Å². The molecule has 1 fully saturated rings. The number of carbonyl (C=O) groups is 2. The Bertz CT molecular complexity index is 2210. The van der Waals surface area contributed by atoms with Gasteiger partial charge in [-0.1, -0.05) is 73.7 Å². The van der Waals surface area contributed by atoms with Crippen LogP contribution in [0.4, 0.5) is 5.69 Å². The zero-order valence-electron chi connectivity index (χ0n) is 29.0. The lowest BCUT2D eigenvalue weighted by atomic mass is 9.82. The fraction of sp³-hybridized carbons (Fsp3) is 0.325.